The predicted molar refractivity (Wildman–Crippen MR) is 127 cm³/mol. The van der Waals surface area contributed by atoms with Crippen LogP contribution in [0.2, 0.25) is 0 Å². The minimum absolute atomic E-state index is 0.0716. The lowest BCUT2D eigenvalue weighted by molar-refractivity contribution is -0.154. The van der Waals surface area contributed by atoms with Gasteiger partial charge in [0.1, 0.15) is 11.6 Å². The van der Waals surface area contributed by atoms with Gasteiger partial charge in [-0.15, -0.1) is 6.58 Å². The first-order valence-corrected chi connectivity index (χ1v) is 13.0. The summed E-state index contributed by atoms with van der Waals surface area (Å²) in [4.78, 5) is 43.1. The molecule has 186 valence electrons. The van der Waals surface area contributed by atoms with Gasteiger partial charge in [0.05, 0.1) is 30.6 Å². The van der Waals surface area contributed by atoms with Crippen LogP contribution in [0.4, 0.5) is 0 Å². The topological polar surface area (TPSA) is 107 Å². The number of aliphatic carboxylic acids is 1. The Kier molecular flexibility index (Phi) is 8.28. The van der Waals surface area contributed by atoms with E-state index in [4.69, 9.17) is 4.74 Å². The largest absolute Gasteiger partial charge is 0.481 e. The summed E-state index contributed by atoms with van der Waals surface area (Å²) in [5.41, 5.74) is -1.22. The van der Waals surface area contributed by atoms with E-state index in [0.717, 1.165) is 19.3 Å². The summed E-state index contributed by atoms with van der Waals surface area (Å²) < 4.78 is 6.32. The lowest BCUT2D eigenvalue weighted by Gasteiger charge is -2.41. The van der Waals surface area contributed by atoms with Gasteiger partial charge in [-0.1, -0.05) is 62.0 Å². The number of halogens is 1. The highest BCUT2D eigenvalue weighted by molar-refractivity contribution is 9.09. The summed E-state index contributed by atoms with van der Waals surface area (Å²) >= 11 is 3.56. The van der Waals surface area contributed by atoms with E-state index in [0.29, 0.717) is 25.9 Å². The molecule has 3 heterocycles. The Labute approximate surface area is 204 Å². The standard InChI is InChI=1S/C24H37BrN2O6/c1-5-8-9-11-26(10-6-2)22(30)20-24-12-15(25)19(33-24)17(23(31)32)18(24)21(29)27(20)16(13-28)14(4)7-3/h6,14-20,28H,2,5,7-13H2,1,3-4H3,(H,31,32)/t14-,15?,16-,17-,18-,19-,20?,24?/m0/s1. The van der Waals surface area contributed by atoms with Gasteiger partial charge in [0.2, 0.25) is 11.8 Å². The number of alkyl halides is 1. The smallest absolute Gasteiger partial charge is 0.310 e. The van der Waals surface area contributed by atoms with Gasteiger partial charge in [-0.2, -0.15) is 0 Å². The second-order valence-electron chi connectivity index (χ2n) is 9.66. The number of unbranched alkanes of at least 4 members (excludes halogenated alkanes) is 2. The molecule has 0 aromatic heterocycles. The van der Waals surface area contributed by atoms with Gasteiger partial charge in [0.15, 0.2) is 0 Å². The Bertz CT molecular complexity index is 778. The molecular weight excluding hydrogens is 492 g/mol. The van der Waals surface area contributed by atoms with Crippen molar-refractivity contribution in [2.24, 2.45) is 17.8 Å². The number of likely N-dealkylation sites (tertiary alicyclic amines) is 1. The normalized spacial score (nSPS) is 34.3. The van der Waals surface area contributed by atoms with E-state index < -0.39 is 47.5 Å². The summed E-state index contributed by atoms with van der Waals surface area (Å²) in [7, 11) is 0. The molecule has 3 rings (SSSR count). The lowest BCUT2D eigenvalue weighted by Crippen LogP contribution is -2.60. The van der Waals surface area contributed by atoms with Crippen LogP contribution >= 0.6 is 15.9 Å². The van der Waals surface area contributed by atoms with E-state index in [9.17, 15) is 24.6 Å². The van der Waals surface area contributed by atoms with Crippen LogP contribution in [-0.2, 0) is 19.1 Å². The van der Waals surface area contributed by atoms with Crippen molar-refractivity contribution in [3.63, 3.8) is 0 Å². The number of aliphatic hydroxyl groups excluding tert-OH is 1. The van der Waals surface area contributed by atoms with Crippen LogP contribution in [-0.4, -0.2) is 86.1 Å². The molecule has 3 fully saturated rings. The number of fused-ring (bicyclic) bond motifs is 1. The molecule has 33 heavy (non-hydrogen) atoms. The molecule has 8 atom stereocenters. The Balaban J connectivity index is 2.09. The van der Waals surface area contributed by atoms with Crippen molar-refractivity contribution in [3.05, 3.63) is 12.7 Å². The molecule has 0 radical (unpaired) electrons. The number of nitrogens with zero attached hydrogens (tertiary/aromatic N) is 2. The number of aliphatic hydroxyl groups is 1. The highest BCUT2D eigenvalue weighted by Crippen LogP contribution is 2.60. The molecule has 0 aromatic rings. The van der Waals surface area contributed by atoms with E-state index >= 15 is 0 Å². The summed E-state index contributed by atoms with van der Waals surface area (Å²) in [6.45, 7) is 10.3. The van der Waals surface area contributed by atoms with Gasteiger partial charge in [-0.25, -0.2) is 0 Å². The van der Waals surface area contributed by atoms with Crippen molar-refractivity contribution in [2.75, 3.05) is 19.7 Å². The van der Waals surface area contributed by atoms with Crippen molar-refractivity contribution in [3.8, 4) is 0 Å². The van der Waals surface area contributed by atoms with Crippen LogP contribution in [0.3, 0.4) is 0 Å². The number of carboxylic acids is 1. The SMILES string of the molecule is C=CCN(CCCCC)C(=O)C1N([C@@H](CO)[C@@H](C)CC)C(=O)[C@@H]2[C@H](C(=O)O)[C@H]3OC12CC3Br. The van der Waals surface area contributed by atoms with Crippen LogP contribution < -0.4 is 0 Å². The van der Waals surface area contributed by atoms with Gasteiger partial charge in [-0.3, -0.25) is 14.4 Å². The first kappa shape index (κ1) is 26.2. The predicted octanol–water partition coefficient (Wildman–Crippen LogP) is 2.43. The van der Waals surface area contributed by atoms with Crippen molar-refractivity contribution in [1.82, 2.24) is 9.80 Å². The van der Waals surface area contributed by atoms with Crippen LogP contribution in [0.1, 0.15) is 52.9 Å². The fourth-order valence-electron chi connectivity index (χ4n) is 5.97. The van der Waals surface area contributed by atoms with Crippen molar-refractivity contribution in [1.29, 1.82) is 0 Å². The molecule has 0 aliphatic carbocycles. The quantitative estimate of drug-likeness (QED) is 0.229. The molecule has 0 saturated carbocycles. The molecule has 3 saturated heterocycles. The summed E-state index contributed by atoms with van der Waals surface area (Å²) in [6.07, 6.45) is 4.87. The van der Waals surface area contributed by atoms with E-state index in [1.165, 1.54) is 4.90 Å². The number of carboxylic acid groups (broad SMARTS) is 1. The van der Waals surface area contributed by atoms with E-state index in [1.807, 2.05) is 13.8 Å². The Morgan fingerprint density at radius 2 is 2.09 bits per heavy atom. The zero-order chi connectivity index (χ0) is 24.5. The maximum Gasteiger partial charge on any atom is 0.310 e. The number of hydrogen-bond donors (Lipinski definition) is 2. The van der Waals surface area contributed by atoms with Crippen LogP contribution in [0, 0.1) is 17.8 Å². The average molecular weight is 529 g/mol. The van der Waals surface area contributed by atoms with E-state index in [2.05, 4.69) is 29.4 Å². The summed E-state index contributed by atoms with van der Waals surface area (Å²) in [6, 6.07) is -1.57. The number of amides is 2. The van der Waals surface area contributed by atoms with Crippen LogP contribution in [0.15, 0.2) is 12.7 Å². The highest BCUT2D eigenvalue weighted by Gasteiger charge is 2.77. The van der Waals surface area contributed by atoms with E-state index in [1.54, 1.807) is 11.0 Å². The second kappa shape index (κ2) is 10.4. The Hall–Kier alpha value is -1.45. The van der Waals surface area contributed by atoms with Gasteiger partial charge in [0, 0.05) is 17.9 Å². The van der Waals surface area contributed by atoms with Crippen LogP contribution in [0.25, 0.3) is 0 Å². The third-order valence-electron chi connectivity index (χ3n) is 7.78. The fourth-order valence-corrected chi connectivity index (χ4v) is 6.92. The molecule has 3 aliphatic heterocycles. The van der Waals surface area contributed by atoms with Crippen molar-refractivity contribution in [2.45, 2.75) is 81.5 Å². The summed E-state index contributed by atoms with van der Waals surface area (Å²) in [5, 5.41) is 20.3. The Morgan fingerprint density at radius 3 is 2.64 bits per heavy atom. The van der Waals surface area contributed by atoms with Crippen molar-refractivity contribution < 1.29 is 29.3 Å². The number of carbonyl (C=O) groups excluding carboxylic acids is 2. The molecule has 0 aromatic carbocycles. The number of hydrogen-bond acceptors (Lipinski definition) is 5. The molecular formula is C24H37BrN2O6. The highest BCUT2D eigenvalue weighted by atomic mass is 79.9. The maximum absolute atomic E-state index is 14.1. The number of carbonyl (C=O) groups is 3. The molecule has 3 aliphatic rings. The zero-order valence-electron chi connectivity index (χ0n) is 19.8. The molecule has 3 unspecified atom stereocenters. The average Bonchev–Trinajstić information content (AvgIpc) is 3.37. The molecule has 2 N–H and O–H groups in total. The molecule has 8 nitrogen and oxygen atoms in total. The van der Waals surface area contributed by atoms with Gasteiger partial charge < -0.3 is 24.7 Å². The van der Waals surface area contributed by atoms with Gasteiger partial charge in [0.25, 0.3) is 0 Å². The lowest BCUT2D eigenvalue weighted by atomic mass is 9.70. The third-order valence-corrected chi connectivity index (χ3v) is 8.63. The first-order valence-electron chi connectivity index (χ1n) is 12.1. The maximum atomic E-state index is 14.1. The zero-order valence-corrected chi connectivity index (χ0v) is 21.4. The molecule has 9 heteroatoms. The second-order valence-corrected chi connectivity index (χ2v) is 10.8. The fraction of sp³-hybridized carbons (Fsp3) is 0.792. The van der Waals surface area contributed by atoms with Gasteiger partial charge >= 0.3 is 5.97 Å². The molecule has 2 bridgehead atoms. The third kappa shape index (κ3) is 4.25. The van der Waals surface area contributed by atoms with Crippen molar-refractivity contribution >= 4 is 33.7 Å². The number of ether oxygens (including phenoxy) is 1. The monoisotopic (exact) mass is 528 g/mol. The minimum atomic E-state index is -1.22. The number of rotatable bonds is 12. The Morgan fingerprint density at radius 1 is 1.39 bits per heavy atom. The minimum Gasteiger partial charge on any atom is -0.481 e. The van der Waals surface area contributed by atoms with E-state index in [-0.39, 0.29) is 23.3 Å². The van der Waals surface area contributed by atoms with Gasteiger partial charge in [-0.05, 0) is 18.8 Å². The first-order chi connectivity index (χ1) is 15.7. The molecule has 2 amide bonds. The van der Waals surface area contributed by atoms with Crippen LogP contribution in [0.5, 0.6) is 0 Å². The molecule has 1 spiro atoms. The summed E-state index contributed by atoms with van der Waals surface area (Å²) in [5.74, 6) is -3.78.